The molecule has 0 fully saturated rings. The number of benzene rings is 2. The minimum atomic E-state index is -0.599. The lowest BCUT2D eigenvalue weighted by Crippen LogP contribution is -2.45. The Morgan fingerprint density at radius 3 is 2.71 bits per heavy atom. The molecule has 1 heterocycles. The predicted molar refractivity (Wildman–Crippen MR) is 92.0 cm³/mol. The van der Waals surface area contributed by atoms with E-state index in [2.05, 4.69) is 5.32 Å². The van der Waals surface area contributed by atoms with Crippen LogP contribution in [0.2, 0.25) is 0 Å². The summed E-state index contributed by atoms with van der Waals surface area (Å²) in [6, 6.07) is 15.1. The van der Waals surface area contributed by atoms with Crippen LogP contribution in [-0.2, 0) is 22.6 Å². The van der Waals surface area contributed by atoms with E-state index in [-0.39, 0.29) is 6.54 Å². The quantitative estimate of drug-likeness (QED) is 0.881. The van der Waals surface area contributed by atoms with Crippen LogP contribution in [0.25, 0.3) is 0 Å². The number of fused-ring (bicyclic) bond motifs is 1. The van der Waals surface area contributed by atoms with Gasteiger partial charge in [0.15, 0.2) is 0 Å². The van der Waals surface area contributed by atoms with Crippen LogP contribution in [0.15, 0.2) is 48.5 Å². The Labute approximate surface area is 141 Å². The van der Waals surface area contributed by atoms with E-state index in [4.69, 9.17) is 4.74 Å². The SMILES string of the molecule is COc1ccccc1CNC(=O)C(=O)N1CCCc2ccccc21. The lowest BCUT2D eigenvalue weighted by Gasteiger charge is -2.28. The van der Waals surface area contributed by atoms with Gasteiger partial charge in [0.05, 0.1) is 7.11 Å². The molecule has 5 heteroatoms. The second-order valence-electron chi connectivity index (χ2n) is 5.68. The van der Waals surface area contributed by atoms with Crippen molar-refractivity contribution in [1.82, 2.24) is 5.32 Å². The van der Waals surface area contributed by atoms with Crippen molar-refractivity contribution < 1.29 is 14.3 Å². The molecule has 0 saturated carbocycles. The minimum absolute atomic E-state index is 0.254. The number of aryl methyl sites for hydroxylation is 1. The molecule has 0 unspecified atom stereocenters. The number of para-hydroxylation sites is 2. The molecular weight excluding hydrogens is 304 g/mol. The number of nitrogens with one attached hydrogen (secondary N) is 1. The zero-order chi connectivity index (χ0) is 16.9. The maximum atomic E-state index is 12.5. The third-order valence-electron chi connectivity index (χ3n) is 4.18. The maximum absolute atomic E-state index is 12.5. The van der Waals surface area contributed by atoms with E-state index in [0.717, 1.165) is 29.7 Å². The Balaban J connectivity index is 1.69. The average Bonchev–Trinajstić information content (AvgIpc) is 2.65. The Bertz CT molecular complexity index is 758. The molecule has 3 rings (SSSR count). The van der Waals surface area contributed by atoms with Crippen LogP contribution < -0.4 is 15.0 Å². The maximum Gasteiger partial charge on any atom is 0.316 e. The summed E-state index contributed by atoms with van der Waals surface area (Å²) < 4.78 is 5.25. The molecule has 5 nitrogen and oxygen atoms in total. The monoisotopic (exact) mass is 324 g/mol. The van der Waals surface area contributed by atoms with Crippen molar-refractivity contribution in [3.05, 3.63) is 59.7 Å². The number of nitrogens with zero attached hydrogens (tertiary/aromatic N) is 1. The lowest BCUT2D eigenvalue weighted by atomic mass is 10.0. The molecule has 24 heavy (non-hydrogen) atoms. The Hall–Kier alpha value is -2.82. The largest absolute Gasteiger partial charge is 0.496 e. The summed E-state index contributed by atoms with van der Waals surface area (Å²) in [7, 11) is 1.58. The van der Waals surface area contributed by atoms with Crippen molar-refractivity contribution in [2.45, 2.75) is 19.4 Å². The minimum Gasteiger partial charge on any atom is -0.496 e. The van der Waals surface area contributed by atoms with Gasteiger partial charge >= 0.3 is 11.8 Å². The summed E-state index contributed by atoms with van der Waals surface area (Å²) in [4.78, 5) is 26.4. The molecule has 0 spiro atoms. The van der Waals surface area contributed by atoms with Crippen molar-refractivity contribution in [1.29, 1.82) is 0 Å². The third-order valence-corrected chi connectivity index (χ3v) is 4.18. The smallest absolute Gasteiger partial charge is 0.316 e. The van der Waals surface area contributed by atoms with Crippen LogP contribution in [0.4, 0.5) is 5.69 Å². The van der Waals surface area contributed by atoms with E-state index < -0.39 is 11.8 Å². The molecule has 2 aromatic rings. The van der Waals surface area contributed by atoms with Crippen LogP contribution in [-0.4, -0.2) is 25.5 Å². The van der Waals surface area contributed by atoms with Crippen LogP contribution in [0.5, 0.6) is 5.75 Å². The zero-order valence-corrected chi connectivity index (χ0v) is 13.6. The second-order valence-corrected chi connectivity index (χ2v) is 5.68. The van der Waals surface area contributed by atoms with Crippen molar-refractivity contribution >= 4 is 17.5 Å². The van der Waals surface area contributed by atoms with Gasteiger partial charge < -0.3 is 15.0 Å². The van der Waals surface area contributed by atoms with Gasteiger partial charge in [-0.25, -0.2) is 0 Å². The van der Waals surface area contributed by atoms with Gasteiger partial charge in [0.25, 0.3) is 0 Å². The number of carbonyl (C=O) groups is 2. The van der Waals surface area contributed by atoms with Crippen molar-refractivity contribution in [3.8, 4) is 5.75 Å². The highest BCUT2D eigenvalue weighted by Crippen LogP contribution is 2.26. The van der Waals surface area contributed by atoms with Crippen molar-refractivity contribution in [2.75, 3.05) is 18.6 Å². The van der Waals surface area contributed by atoms with Crippen LogP contribution in [0.1, 0.15) is 17.5 Å². The predicted octanol–water partition coefficient (Wildman–Crippen LogP) is 2.29. The molecule has 1 aliphatic rings. The first kappa shape index (κ1) is 16.1. The summed E-state index contributed by atoms with van der Waals surface area (Å²) in [5, 5.41) is 2.69. The molecule has 0 saturated heterocycles. The lowest BCUT2D eigenvalue weighted by molar-refractivity contribution is -0.137. The summed E-state index contributed by atoms with van der Waals surface area (Å²) in [6.07, 6.45) is 1.80. The fourth-order valence-electron chi connectivity index (χ4n) is 2.97. The summed E-state index contributed by atoms with van der Waals surface area (Å²) >= 11 is 0. The number of carbonyl (C=O) groups excluding carboxylic acids is 2. The molecule has 0 radical (unpaired) electrons. The fourth-order valence-corrected chi connectivity index (χ4v) is 2.97. The number of methoxy groups -OCH3 is 1. The van der Waals surface area contributed by atoms with E-state index in [1.54, 1.807) is 12.0 Å². The van der Waals surface area contributed by atoms with E-state index in [1.165, 1.54) is 0 Å². The number of hydrogen-bond donors (Lipinski definition) is 1. The van der Waals surface area contributed by atoms with Gasteiger partial charge in [-0.3, -0.25) is 9.59 Å². The molecule has 0 aliphatic carbocycles. The van der Waals surface area contributed by atoms with E-state index in [1.807, 2.05) is 48.5 Å². The Morgan fingerprint density at radius 2 is 1.88 bits per heavy atom. The molecule has 2 amide bonds. The van der Waals surface area contributed by atoms with Crippen molar-refractivity contribution in [2.24, 2.45) is 0 Å². The van der Waals surface area contributed by atoms with E-state index in [0.29, 0.717) is 12.3 Å². The third kappa shape index (κ3) is 3.25. The fraction of sp³-hybridized carbons (Fsp3) is 0.263. The van der Waals surface area contributed by atoms with Gasteiger partial charge in [-0.15, -0.1) is 0 Å². The van der Waals surface area contributed by atoms with Gasteiger partial charge in [-0.05, 0) is 30.5 Å². The first-order valence-electron chi connectivity index (χ1n) is 8.00. The highest BCUT2D eigenvalue weighted by atomic mass is 16.5. The molecular formula is C19H20N2O3. The van der Waals surface area contributed by atoms with Gasteiger partial charge in [0.2, 0.25) is 0 Å². The zero-order valence-electron chi connectivity index (χ0n) is 13.6. The van der Waals surface area contributed by atoms with Gasteiger partial charge in [-0.1, -0.05) is 36.4 Å². The average molecular weight is 324 g/mol. The van der Waals surface area contributed by atoms with Crippen LogP contribution in [0.3, 0.4) is 0 Å². The summed E-state index contributed by atoms with van der Waals surface area (Å²) in [6.45, 7) is 0.821. The first-order chi connectivity index (χ1) is 11.7. The molecule has 1 aliphatic heterocycles. The summed E-state index contributed by atoms with van der Waals surface area (Å²) in [5.74, 6) is -0.428. The van der Waals surface area contributed by atoms with Crippen LogP contribution in [0, 0.1) is 0 Å². The number of anilines is 1. The molecule has 0 bridgehead atoms. The van der Waals surface area contributed by atoms with Gasteiger partial charge in [0.1, 0.15) is 5.75 Å². The van der Waals surface area contributed by atoms with Gasteiger partial charge in [0, 0.05) is 24.3 Å². The molecule has 1 N–H and O–H groups in total. The van der Waals surface area contributed by atoms with Gasteiger partial charge in [-0.2, -0.15) is 0 Å². The highest BCUT2D eigenvalue weighted by Gasteiger charge is 2.27. The molecule has 2 aromatic carbocycles. The number of ether oxygens (including phenoxy) is 1. The Kier molecular flexibility index (Phi) is 4.79. The Morgan fingerprint density at radius 1 is 1.12 bits per heavy atom. The second kappa shape index (κ2) is 7.17. The van der Waals surface area contributed by atoms with Crippen molar-refractivity contribution in [3.63, 3.8) is 0 Å². The highest BCUT2D eigenvalue weighted by molar-refractivity contribution is 6.40. The standard InChI is InChI=1S/C19H20N2O3/c1-24-17-11-5-3-8-15(17)13-20-18(22)19(23)21-12-6-9-14-7-2-4-10-16(14)21/h2-5,7-8,10-11H,6,9,12-13H2,1H3,(H,20,22). The normalized spacial score (nSPS) is 13.1. The number of amides is 2. The molecule has 0 atom stereocenters. The summed E-state index contributed by atoms with van der Waals surface area (Å²) in [5.41, 5.74) is 2.77. The number of rotatable bonds is 3. The van der Waals surface area contributed by atoms with Crippen LogP contribution >= 0.6 is 0 Å². The van der Waals surface area contributed by atoms with E-state index in [9.17, 15) is 9.59 Å². The number of hydrogen-bond acceptors (Lipinski definition) is 3. The first-order valence-corrected chi connectivity index (χ1v) is 8.00. The van der Waals surface area contributed by atoms with E-state index >= 15 is 0 Å². The molecule has 124 valence electrons. The molecule has 0 aromatic heterocycles. The topological polar surface area (TPSA) is 58.6 Å².